The molecule has 0 spiro atoms. The molecule has 0 aliphatic carbocycles. The van der Waals surface area contributed by atoms with Crippen molar-refractivity contribution in [1.82, 2.24) is 15.5 Å². The third kappa shape index (κ3) is 3.31. The number of benzene rings is 1. The normalized spacial score (nSPS) is 12.2. The van der Waals surface area contributed by atoms with Crippen molar-refractivity contribution in [3.05, 3.63) is 60.0 Å². The van der Waals surface area contributed by atoms with Crippen LogP contribution < -0.4 is 5.32 Å². The van der Waals surface area contributed by atoms with Crippen molar-refractivity contribution < 1.29 is 9.32 Å². The van der Waals surface area contributed by atoms with Crippen LogP contribution in [-0.2, 0) is 17.6 Å². The van der Waals surface area contributed by atoms with E-state index in [1.54, 1.807) is 6.20 Å². The quantitative estimate of drug-likeness (QED) is 0.785. The van der Waals surface area contributed by atoms with Crippen LogP contribution >= 0.6 is 0 Å². The topological polar surface area (TPSA) is 68.0 Å². The molecule has 3 aromatic rings. The van der Waals surface area contributed by atoms with Crippen molar-refractivity contribution in [3.63, 3.8) is 0 Å². The molecule has 112 valence electrons. The first kappa shape index (κ1) is 14.3. The maximum absolute atomic E-state index is 12.1. The van der Waals surface area contributed by atoms with Gasteiger partial charge in [0.1, 0.15) is 5.69 Å². The first-order chi connectivity index (χ1) is 10.7. The second kappa shape index (κ2) is 6.39. The monoisotopic (exact) mass is 295 g/mol. The predicted octanol–water partition coefficient (Wildman–Crippen LogP) is 2.51. The summed E-state index contributed by atoms with van der Waals surface area (Å²) in [6.45, 7) is 1.97. The van der Waals surface area contributed by atoms with Gasteiger partial charge in [-0.25, -0.2) is 0 Å². The molecule has 0 aliphatic rings. The average molecular weight is 295 g/mol. The lowest BCUT2D eigenvalue weighted by Gasteiger charge is -2.12. The summed E-state index contributed by atoms with van der Waals surface area (Å²) in [5.41, 5.74) is 2.33. The van der Waals surface area contributed by atoms with Crippen LogP contribution in [0.15, 0.2) is 53.2 Å². The molecule has 0 fully saturated rings. The number of nitrogens with one attached hydrogen (secondary N) is 1. The Morgan fingerprint density at radius 1 is 1.23 bits per heavy atom. The fourth-order valence-corrected chi connectivity index (χ4v) is 2.43. The van der Waals surface area contributed by atoms with Crippen LogP contribution in [0.5, 0.6) is 0 Å². The molecule has 2 heterocycles. The van der Waals surface area contributed by atoms with E-state index in [4.69, 9.17) is 4.52 Å². The van der Waals surface area contributed by atoms with E-state index in [1.165, 1.54) is 0 Å². The van der Waals surface area contributed by atoms with E-state index in [2.05, 4.69) is 15.5 Å². The molecule has 5 nitrogen and oxygen atoms in total. The van der Waals surface area contributed by atoms with Gasteiger partial charge in [-0.3, -0.25) is 9.78 Å². The van der Waals surface area contributed by atoms with Gasteiger partial charge in [0.25, 0.3) is 0 Å². The van der Waals surface area contributed by atoms with Crippen molar-refractivity contribution in [1.29, 1.82) is 0 Å². The molecule has 5 heteroatoms. The second-order valence-electron chi connectivity index (χ2n) is 5.30. The highest BCUT2D eigenvalue weighted by Crippen LogP contribution is 2.18. The highest BCUT2D eigenvalue weighted by molar-refractivity contribution is 5.86. The number of aromatic nitrogens is 2. The molecule has 0 saturated heterocycles. The minimum atomic E-state index is -0.0671. The Balaban J connectivity index is 1.60. The minimum absolute atomic E-state index is 0.0144. The van der Waals surface area contributed by atoms with Gasteiger partial charge in [0, 0.05) is 29.7 Å². The first-order valence-electron chi connectivity index (χ1n) is 7.25. The Morgan fingerprint density at radius 2 is 2.05 bits per heavy atom. The highest BCUT2D eigenvalue weighted by atomic mass is 16.5. The van der Waals surface area contributed by atoms with Gasteiger partial charge >= 0.3 is 0 Å². The van der Waals surface area contributed by atoms with Crippen LogP contribution in [-0.4, -0.2) is 22.1 Å². The van der Waals surface area contributed by atoms with E-state index >= 15 is 0 Å². The van der Waals surface area contributed by atoms with Gasteiger partial charge in [0.05, 0.1) is 6.42 Å². The molecule has 0 bridgehead atoms. The Morgan fingerprint density at radius 3 is 2.86 bits per heavy atom. The van der Waals surface area contributed by atoms with Crippen LogP contribution in [0.3, 0.4) is 0 Å². The summed E-state index contributed by atoms with van der Waals surface area (Å²) in [5.74, 6) is -0.0671. The summed E-state index contributed by atoms with van der Waals surface area (Å²) in [4.78, 5) is 16.4. The van der Waals surface area contributed by atoms with Gasteiger partial charge < -0.3 is 9.84 Å². The first-order valence-corrected chi connectivity index (χ1v) is 7.25. The SMILES string of the molecule is CC(Cc1ccccn1)NC(=O)Cc1noc2ccccc12. The zero-order valence-corrected chi connectivity index (χ0v) is 12.3. The number of carbonyl (C=O) groups excluding carboxylic acids is 1. The van der Waals surface area contributed by atoms with E-state index in [0.29, 0.717) is 17.7 Å². The molecule has 0 radical (unpaired) electrons. The summed E-state index contributed by atoms with van der Waals surface area (Å²) >= 11 is 0. The van der Waals surface area contributed by atoms with Crippen molar-refractivity contribution in [2.75, 3.05) is 0 Å². The van der Waals surface area contributed by atoms with Crippen LogP contribution in [0.2, 0.25) is 0 Å². The molecule has 1 amide bonds. The van der Waals surface area contributed by atoms with E-state index in [-0.39, 0.29) is 18.4 Å². The fraction of sp³-hybridized carbons (Fsp3) is 0.235. The zero-order chi connectivity index (χ0) is 15.4. The Labute approximate surface area is 128 Å². The van der Waals surface area contributed by atoms with Gasteiger partial charge in [0.2, 0.25) is 5.91 Å². The van der Waals surface area contributed by atoms with E-state index in [9.17, 15) is 4.79 Å². The maximum Gasteiger partial charge on any atom is 0.226 e. The molecule has 3 rings (SSSR count). The van der Waals surface area contributed by atoms with E-state index < -0.39 is 0 Å². The number of fused-ring (bicyclic) bond motifs is 1. The molecular formula is C17H17N3O2. The summed E-state index contributed by atoms with van der Waals surface area (Å²) in [6.07, 6.45) is 2.67. The number of para-hydroxylation sites is 1. The van der Waals surface area contributed by atoms with E-state index in [1.807, 2.05) is 49.4 Å². The highest BCUT2D eigenvalue weighted by Gasteiger charge is 2.14. The standard InChI is InChI=1S/C17H17N3O2/c1-12(10-13-6-4-5-9-18-13)19-17(21)11-15-14-7-2-3-8-16(14)22-20-15/h2-9,12H,10-11H2,1H3,(H,19,21). The molecule has 0 aliphatic heterocycles. The second-order valence-corrected chi connectivity index (χ2v) is 5.30. The lowest BCUT2D eigenvalue weighted by molar-refractivity contribution is -0.121. The largest absolute Gasteiger partial charge is 0.356 e. The molecule has 0 saturated carbocycles. The van der Waals surface area contributed by atoms with Crippen LogP contribution in [0.4, 0.5) is 0 Å². The lowest BCUT2D eigenvalue weighted by atomic mass is 10.1. The fourth-order valence-electron chi connectivity index (χ4n) is 2.43. The Hall–Kier alpha value is -2.69. The summed E-state index contributed by atoms with van der Waals surface area (Å²) in [7, 11) is 0. The number of amides is 1. The van der Waals surface area contributed by atoms with Crippen molar-refractivity contribution >= 4 is 16.9 Å². The zero-order valence-electron chi connectivity index (χ0n) is 12.3. The Bertz CT molecular complexity index is 768. The number of hydrogen-bond acceptors (Lipinski definition) is 4. The van der Waals surface area contributed by atoms with Gasteiger partial charge in [-0.1, -0.05) is 23.4 Å². The van der Waals surface area contributed by atoms with Crippen LogP contribution in [0.25, 0.3) is 11.0 Å². The van der Waals surface area contributed by atoms with Crippen molar-refractivity contribution in [3.8, 4) is 0 Å². The summed E-state index contributed by atoms with van der Waals surface area (Å²) in [6, 6.07) is 13.3. The predicted molar refractivity (Wildman–Crippen MR) is 83.3 cm³/mol. The number of pyridine rings is 1. The lowest BCUT2D eigenvalue weighted by Crippen LogP contribution is -2.35. The van der Waals surface area contributed by atoms with Crippen molar-refractivity contribution in [2.24, 2.45) is 0 Å². The Kier molecular flexibility index (Phi) is 4.14. The van der Waals surface area contributed by atoms with Gasteiger partial charge in [0.15, 0.2) is 5.58 Å². The number of rotatable bonds is 5. The van der Waals surface area contributed by atoms with E-state index in [0.717, 1.165) is 11.1 Å². The summed E-state index contributed by atoms with van der Waals surface area (Å²) < 4.78 is 5.21. The molecule has 1 unspecified atom stereocenters. The minimum Gasteiger partial charge on any atom is -0.356 e. The van der Waals surface area contributed by atoms with Gasteiger partial charge in [-0.15, -0.1) is 0 Å². The number of carbonyl (C=O) groups is 1. The number of nitrogens with zero attached hydrogens (tertiary/aromatic N) is 2. The maximum atomic E-state index is 12.1. The smallest absolute Gasteiger partial charge is 0.226 e. The third-order valence-corrected chi connectivity index (χ3v) is 3.43. The molecule has 1 aromatic carbocycles. The van der Waals surface area contributed by atoms with Crippen LogP contribution in [0, 0.1) is 0 Å². The van der Waals surface area contributed by atoms with Gasteiger partial charge in [-0.05, 0) is 31.2 Å². The molecule has 22 heavy (non-hydrogen) atoms. The molecule has 2 aromatic heterocycles. The molecule has 1 atom stereocenters. The molecule has 1 N–H and O–H groups in total. The third-order valence-electron chi connectivity index (χ3n) is 3.43. The number of hydrogen-bond donors (Lipinski definition) is 1. The van der Waals surface area contributed by atoms with Crippen LogP contribution in [0.1, 0.15) is 18.3 Å². The van der Waals surface area contributed by atoms with Crippen molar-refractivity contribution in [2.45, 2.75) is 25.8 Å². The summed E-state index contributed by atoms with van der Waals surface area (Å²) in [5, 5.41) is 7.83. The average Bonchev–Trinajstić information content (AvgIpc) is 2.91. The van der Waals surface area contributed by atoms with Gasteiger partial charge in [-0.2, -0.15) is 0 Å². The molecular weight excluding hydrogens is 278 g/mol.